The maximum absolute atomic E-state index is 13.3. The number of sulfone groups is 1. The summed E-state index contributed by atoms with van der Waals surface area (Å²) in [6.45, 7) is 4.04. The molecule has 1 unspecified atom stereocenters. The van der Waals surface area contributed by atoms with Crippen molar-refractivity contribution < 1.29 is 12.8 Å². The Morgan fingerprint density at radius 1 is 1.33 bits per heavy atom. The van der Waals surface area contributed by atoms with Gasteiger partial charge >= 0.3 is 0 Å². The van der Waals surface area contributed by atoms with Crippen molar-refractivity contribution in [2.75, 3.05) is 18.1 Å². The minimum atomic E-state index is -2.96. The van der Waals surface area contributed by atoms with E-state index in [1.54, 1.807) is 25.1 Å². The van der Waals surface area contributed by atoms with Crippen LogP contribution in [0.4, 0.5) is 4.39 Å². The second-order valence-corrected chi connectivity index (χ2v) is 6.79. The summed E-state index contributed by atoms with van der Waals surface area (Å²) in [5, 5.41) is 3.10. The Balaban J connectivity index is 2.36. The zero-order valence-corrected chi connectivity index (χ0v) is 11.6. The molecule has 102 valence electrons. The molecule has 5 heteroatoms. The predicted octanol–water partition coefficient (Wildman–Crippen LogP) is 1.78. The average molecular weight is 273 g/mol. The second-order valence-electron chi connectivity index (χ2n) is 4.40. The molecule has 1 aromatic rings. The van der Waals surface area contributed by atoms with Crippen LogP contribution in [0.5, 0.6) is 0 Å². The van der Waals surface area contributed by atoms with Crippen LogP contribution in [0, 0.1) is 5.82 Å². The molecule has 0 aliphatic carbocycles. The summed E-state index contributed by atoms with van der Waals surface area (Å²) in [6.07, 6.45) is 0.559. The van der Waals surface area contributed by atoms with Gasteiger partial charge in [-0.15, -0.1) is 0 Å². The molecule has 0 fully saturated rings. The van der Waals surface area contributed by atoms with Crippen LogP contribution in [-0.4, -0.2) is 32.5 Å². The van der Waals surface area contributed by atoms with Crippen molar-refractivity contribution in [1.82, 2.24) is 5.32 Å². The predicted molar refractivity (Wildman–Crippen MR) is 71.9 cm³/mol. The van der Waals surface area contributed by atoms with Gasteiger partial charge in [0.2, 0.25) is 0 Å². The number of rotatable bonds is 7. The molecule has 0 radical (unpaired) electrons. The third-order valence-corrected chi connectivity index (χ3v) is 4.68. The normalized spacial score (nSPS) is 13.5. The van der Waals surface area contributed by atoms with Crippen LogP contribution < -0.4 is 5.32 Å². The average Bonchev–Trinajstić information content (AvgIpc) is 2.31. The van der Waals surface area contributed by atoms with Crippen molar-refractivity contribution in [3.05, 3.63) is 35.6 Å². The Hall–Kier alpha value is -0.940. The molecule has 0 saturated heterocycles. The number of hydrogen-bond acceptors (Lipinski definition) is 3. The van der Waals surface area contributed by atoms with E-state index in [1.165, 1.54) is 6.07 Å². The standard InChI is InChI=1S/C13H20FNO2S/c1-3-18(16,17)10-11(2)15-9-8-12-6-4-5-7-13(12)14/h4-7,11,15H,3,8-10H2,1-2H3. The summed E-state index contributed by atoms with van der Waals surface area (Å²) in [6, 6.07) is 6.51. The molecule has 0 bridgehead atoms. The Morgan fingerprint density at radius 2 is 2.00 bits per heavy atom. The first-order chi connectivity index (χ1) is 8.44. The van der Waals surface area contributed by atoms with E-state index >= 15 is 0 Å². The molecule has 0 saturated carbocycles. The van der Waals surface area contributed by atoms with E-state index in [0.717, 1.165) is 0 Å². The van der Waals surface area contributed by atoms with Gasteiger partial charge in [0.15, 0.2) is 9.84 Å². The number of hydrogen-bond donors (Lipinski definition) is 1. The molecule has 18 heavy (non-hydrogen) atoms. The van der Waals surface area contributed by atoms with Crippen molar-refractivity contribution in [3.8, 4) is 0 Å². The van der Waals surface area contributed by atoms with Crippen LogP contribution in [0.2, 0.25) is 0 Å². The smallest absolute Gasteiger partial charge is 0.151 e. The molecular weight excluding hydrogens is 253 g/mol. The van der Waals surface area contributed by atoms with Crippen molar-refractivity contribution in [2.45, 2.75) is 26.3 Å². The fourth-order valence-corrected chi connectivity index (χ4v) is 2.83. The van der Waals surface area contributed by atoms with Crippen LogP contribution in [0.1, 0.15) is 19.4 Å². The molecule has 0 spiro atoms. The highest BCUT2D eigenvalue weighted by molar-refractivity contribution is 7.91. The largest absolute Gasteiger partial charge is 0.313 e. The van der Waals surface area contributed by atoms with E-state index in [-0.39, 0.29) is 23.4 Å². The number of nitrogens with one attached hydrogen (secondary N) is 1. The molecule has 0 amide bonds. The first-order valence-corrected chi connectivity index (χ1v) is 7.94. The lowest BCUT2D eigenvalue weighted by atomic mass is 10.1. The van der Waals surface area contributed by atoms with Crippen LogP contribution in [-0.2, 0) is 16.3 Å². The van der Waals surface area contributed by atoms with Gasteiger partial charge in [0.25, 0.3) is 0 Å². The fraction of sp³-hybridized carbons (Fsp3) is 0.538. The fourth-order valence-electron chi connectivity index (χ4n) is 1.71. The van der Waals surface area contributed by atoms with E-state index in [4.69, 9.17) is 0 Å². The van der Waals surface area contributed by atoms with Gasteiger partial charge in [-0.25, -0.2) is 12.8 Å². The summed E-state index contributed by atoms with van der Waals surface area (Å²) in [5.74, 6) is 0.0701. The van der Waals surface area contributed by atoms with Gasteiger partial charge in [-0.3, -0.25) is 0 Å². The highest BCUT2D eigenvalue weighted by atomic mass is 32.2. The summed E-state index contributed by atoms with van der Waals surface area (Å²) in [5.41, 5.74) is 0.649. The molecule has 0 aliphatic rings. The van der Waals surface area contributed by atoms with E-state index < -0.39 is 9.84 Å². The van der Waals surface area contributed by atoms with Crippen LogP contribution in [0.3, 0.4) is 0 Å². The minimum Gasteiger partial charge on any atom is -0.313 e. The third-order valence-electron chi connectivity index (χ3n) is 2.79. The monoisotopic (exact) mass is 273 g/mol. The molecule has 1 rings (SSSR count). The second kappa shape index (κ2) is 6.85. The van der Waals surface area contributed by atoms with Gasteiger partial charge in [-0.1, -0.05) is 25.1 Å². The van der Waals surface area contributed by atoms with E-state index in [9.17, 15) is 12.8 Å². The van der Waals surface area contributed by atoms with Gasteiger partial charge < -0.3 is 5.32 Å². The molecule has 0 aromatic heterocycles. The number of halogens is 1. The van der Waals surface area contributed by atoms with Gasteiger partial charge in [-0.2, -0.15) is 0 Å². The van der Waals surface area contributed by atoms with E-state index in [2.05, 4.69) is 5.32 Å². The van der Waals surface area contributed by atoms with Gasteiger partial charge in [-0.05, 0) is 31.5 Å². The lowest BCUT2D eigenvalue weighted by molar-refractivity contribution is 0.550. The molecule has 1 atom stereocenters. The zero-order chi connectivity index (χ0) is 13.6. The summed E-state index contributed by atoms with van der Waals surface area (Å²) in [4.78, 5) is 0. The Kier molecular flexibility index (Phi) is 5.75. The Labute approximate surface area is 108 Å². The quantitative estimate of drug-likeness (QED) is 0.823. The molecule has 0 aliphatic heterocycles. The topological polar surface area (TPSA) is 46.2 Å². The lowest BCUT2D eigenvalue weighted by Crippen LogP contribution is -2.34. The van der Waals surface area contributed by atoms with Crippen molar-refractivity contribution in [2.24, 2.45) is 0 Å². The summed E-state index contributed by atoms with van der Waals surface area (Å²) >= 11 is 0. The SMILES string of the molecule is CCS(=O)(=O)CC(C)NCCc1ccccc1F. The van der Waals surface area contributed by atoms with Gasteiger partial charge in [0.1, 0.15) is 5.82 Å². The lowest BCUT2D eigenvalue weighted by Gasteiger charge is -2.13. The van der Waals surface area contributed by atoms with Crippen LogP contribution in [0.15, 0.2) is 24.3 Å². The minimum absolute atomic E-state index is 0.110. The van der Waals surface area contributed by atoms with Crippen molar-refractivity contribution >= 4 is 9.84 Å². The van der Waals surface area contributed by atoms with Crippen molar-refractivity contribution in [3.63, 3.8) is 0 Å². The van der Waals surface area contributed by atoms with E-state index in [1.807, 2.05) is 6.92 Å². The molecule has 3 nitrogen and oxygen atoms in total. The molecule has 1 N–H and O–H groups in total. The summed E-state index contributed by atoms with van der Waals surface area (Å²) < 4.78 is 36.1. The van der Waals surface area contributed by atoms with Crippen molar-refractivity contribution in [1.29, 1.82) is 0 Å². The first-order valence-electron chi connectivity index (χ1n) is 6.12. The molecular formula is C13H20FNO2S. The van der Waals surface area contributed by atoms with Gasteiger partial charge in [0, 0.05) is 11.8 Å². The highest BCUT2D eigenvalue weighted by Crippen LogP contribution is 2.06. The Bertz CT molecular complexity index is 474. The maximum Gasteiger partial charge on any atom is 0.151 e. The van der Waals surface area contributed by atoms with Gasteiger partial charge in [0.05, 0.1) is 5.75 Å². The van der Waals surface area contributed by atoms with Crippen LogP contribution >= 0.6 is 0 Å². The number of benzene rings is 1. The first kappa shape index (κ1) is 15.1. The maximum atomic E-state index is 13.3. The Morgan fingerprint density at radius 3 is 2.61 bits per heavy atom. The molecule has 0 heterocycles. The third kappa shape index (κ3) is 5.14. The van der Waals surface area contributed by atoms with Crippen LogP contribution in [0.25, 0.3) is 0 Å². The zero-order valence-electron chi connectivity index (χ0n) is 10.8. The molecule has 1 aromatic carbocycles. The van der Waals surface area contributed by atoms with E-state index in [0.29, 0.717) is 18.5 Å². The summed E-state index contributed by atoms with van der Waals surface area (Å²) in [7, 11) is -2.96. The highest BCUT2D eigenvalue weighted by Gasteiger charge is 2.13.